The number of carbonyl (C=O) groups is 1. The van der Waals surface area contributed by atoms with Crippen molar-refractivity contribution in [1.29, 1.82) is 0 Å². The number of rotatable bonds is 4. The molecule has 0 atom stereocenters. The molecule has 2 rings (SSSR count). The van der Waals surface area contributed by atoms with Gasteiger partial charge in [0.25, 0.3) is 5.91 Å². The van der Waals surface area contributed by atoms with Crippen LogP contribution in [0.3, 0.4) is 0 Å². The topological polar surface area (TPSA) is 63.8 Å². The molecule has 0 unspecified atom stereocenters. The molecular weight excluding hydrogens is 289 g/mol. The summed E-state index contributed by atoms with van der Waals surface area (Å²) in [5.41, 5.74) is 3.03. The van der Waals surface area contributed by atoms with E-state index in [0.717, 1.165) is 12.1 Å². The first-order chi connectivity index (χ1) is 9.94. The minimum absolute atomic E-state index is 0.147. The van der Waals surface area contributed by atoms with Crippen LogP contribution in [0.25, 0.3) is 0 Å². The third-order valence-corrected chi connectivity index (χ3v) is 2.27. The van der Waals surface area contributed by atoms with Gasteiger partial charge < -0.3 is 9.15 Å². The van der Waals surface area contributed by atoms with Crippen LogP contribution in [-0.2, 0) is 0 Å². The standard InChI is InChI=1S/C13H9F3N2O3/c14-13(15,16)21-11-3-1-10(2-4-11)12(19)18-17-7-9-5-6-20-8-9/h1-8H,(H,18,19)/b17-7+. The fraction of sp³-hybridized carbons (Fsp3) is 0.0769. The van der Waals surface area contributed by atoms with Crippen LogP contribution < -0.4 is 10.2 Å². The summed E-state index contributed by atoms with van der Waals surface area (Å²) in [6, 6.07) is 6.12. The van der Waals surface area contributed by atoms with Crippen molar-refractivity contribution in [3.05, 3.63) is 54.0 Å². The van der Waals surface area contributed by atoms with Crippen molar-refractivity contribution in [1.82, 2.24) is 5.43 Å². The number of carbonyl (C=O) groups excluding carboxylic acids is 1. The Kier molecular flexibility index (Phi) is 4.27. The number of ether oxygens (including phenoxy) is 1. The number of halogens is 3. The van der Waals surface area contributed by atoms with Crippen LogP contribution >= 0.6 is 0 Å². The zero-order valence-electron chi connectivity index (χ0n) is 10.4. The fourth-order valence-corrected chi connectivity index (χ4v) is 1.39. The molecule has 0 spiro atoms. The van der Waals surface area contributed by atoms with E-state index in [1.54, 1.807) is 6.07 Å². The van der Waals surface area contributed by atoms with Gasteiger partial charge in [0.05, 0.1) is 18.7 Å². The summed E-state index contributed by atoms with van der Waals surface area (Å²) >= 11 is 0. The number of alkyl halides is 3. The Labute approximate surface area is 117 Å². The molecule has 110 valence electrons. The quantitative estimate of drug-likeness (QED) is 0.697. The van der Waals surface area contributed by atoms with E-state index in [4.69, 9.17) is 4.42 Å². The predicted octanol–water partition coefficient (Wildman–Crippen LogP) is 2.94. The van der Waals surface area contributed by atoms with Gasteiger partial charge in [-0.15, -0.1) is 13.2 Å². The second-order valence-electron chi connectivity index (χ2n) is 3.83. The lowest BCUT2D eigenvalue weighted by molar-refractivity contribution is -0.274. The second-order valence-corrected chi connectivity index (χ2v) is 3.83. The normalized spacial score (nSPS) is 11.6. The maximum absolute atomic E-state index is 12.0. The molecule has 5 nitrogen and oxygen atoms in total. The number of amides is 1. The summed E-state index contributed by atoms with van der Waals surface area (Å²) in [5, 5.41) is 3.68. The molecule has 0 aliphatic heterocycles. The highest BCUT2D eigenvalue weighted by atomic mass is 19.4. The highest BCUT2D eigenvalue weighted by molar-refractivity contribution is 5.94. The van der Waals surface area contributed by atoms with Gasteiger partial charge in [0.15, 0.2) is 0 Å². The van der Waals surface area contributed by atoms with E-state index in [1.807, 2.05) is 0 Å². The molecule has 1 aromatic heterocycles. The van der Waals surface area contributed by atoms with Crippen LogP contribution in [0.2, 0.25) is 0 Å². The van der Waals surface area contributed by atoms with Crippen LogP contribution in [0.4, 0.5) is 13.2 Å². The molecule has 0 aliphatic carbocycles. The van der Waals surface area contributed by atoms with E-state index in [1.165, 1.54) is 30.9 Å². The number of furan rings is 1. The summed E-state index contributed by atoms with van der Waals surface area (Å²) < 4.78 is 44.4. The molecule has 1 amide bonds. The highest BCUT2D eigenvalue weighted by Gasteiger charge is 2.31. The van der Waals surface area contributed by atoms with Gasteiger partial charge >= 0.3 is 6.36 Å². The molecule has 0 bridgehead atoms. The Morgan fingerprint density at radius 3 is 2.52 bits per heavy atom. The van der Waals surface area contributed by atoms with Gasteiger partial charge in [0.1, 0.15) is 5.75 Å². The average molecular weight is 298 g/mol. The summed E-state index contributed by atoms with van der Waals surface area (Å²) in [7, 11) is 0. The maximum atomic E-state index is 12.0. The van der Waals surface area contributed by atoms with Gasteiger partial charge in [-0.3, -0.25) is 4.79 Å². The van der Waals surface area contributed by atoms with Crippen molar-refractivity contribution in [2.24, 2.45) is 5.10 Å². The van der Waals surface area contributed by atoms with Crippen molar-refractivity contribution in [3.8, 4) is 5.75 Å². The van der Waals surface area contributed by atoms with Crippen molar-refractivity contribution < 1.29 is 27.1 Å². The number of hydrogen-bond acceptors (Lipinski definition) is 4. The fourth-order valence-electron chi connectivity index (χ4n) is 1.39. The van der Waals surface area contributed by atoms with Crippen molar-refractivity contribution in [2.75, 3.05) is 0 Å². The number of nitrogens with one attached hydrogen (secondary N) is 1. The number of hydrazone groups is 1. The molecule has 0 aliphatic rings. The number of nitrogens with zero attached hydrogens (tertiary/aromatic N) is 1. The van der Waals surface area contributed by atoms with Gasteiger partial charge in [-0.2, -0.15) is 5.10 Å². The Hall–Kier alpha value is -2.77. The van der Waals surface area contributed by atoms with E-state index >= 15 is 0 Å². The first-order valence-corrected chi connectivity index (χ1v) is 5.65. The summed E-state index contributed by atoms with van der Waals surface area (Å²) in [4.78, 5) is 11.7. The van der Waals surface area contributed by atoms with Crippen LogP contribution in [0.15, 0.2) is 52.4 Å². The first-order valence-electron chi connectivity index (χ1n) is 5.65. The van der Waals surface area contributed by atoms with Crippen LogP contribution in [0.5, 0.6) is 5.75 Å². The first kappa shape index (κ1) is 14.6. The second kappa shape index (κ2) is 6.12. The molecule has 1 aromatic carbocycles. The lowest BCUT2D eigenvalue weighted by Crippen LogP contribution is -2.18. The van der Waals surface area contributed by atoms with E-state index < -0.39 is 18.0 Å². The monoisotopic (exact) mass is 298 g/mol. The Morgan fingerprint density at radius 2 is 1.95 bits per heavy atom. The van der Waals surface area contributed by atoms with Gasteiger partial charge in [0, 0.05) is 11.1 Å². The zero-order valence-corrected chi connectivity index (χ0v) is 10.4. The van der Waals surface area contributed by atoms with E-state index in [0.29, 0.717) is 5.56 Å². The van der Waals surface area contributed by atoms with E-state index in [2.05, 4.69) is 15.3 Å². The van der Waals surface area contributed by atoms with Crippen LogP contribution in [0, 0.1) is 0 Å². The third kappa shape index (κ3) is 4.68. The largest absolute Gasteiger partial charge is 0.573 e. The highest BCUT2D eigenvalue weighted by Crippen LogP contribution is 2.22. The third-order valence-electron chi connectivity index (χ3n) is 2.27. The zero-order chi connectivity index (χ0) is 15.3. The minimum Gasteiger partial charge on any atom is -0.472 e. The molecule has 0 saturated heterocycles. The Balaban J connectivity index is 1.93. The van der Waals surface area contributed by atoms with Crippen molar-refractivity contribution in [2.45, 2.75) is 6.36 Å². The van der Waals surface area contributed by atoms with Crippen LogP contribution in [-0.4, -0.2) is 18.5 Å². The maximum Gasteiger partial charge on any atom is 0.573 e. The SMILES string of the molecule is O=C(N/N=C/c1ccoc1)c1ccc(OC(F)(F)F)cc1. The molecule has 2 aromatic rings. The molecule has 0 saturated carbocycles. The van der Waals surface area contributed by atoms with Crippen molar-refractivity contribution >= 4 is 12.1 Å². The number of benzene rings is 1. The Bertz CT molecular complexity index is 619. The molecule has 8 heteroatoms. The molecule has 0 radical (unpaired) electrons. The van der Waals surface area contributed by atoms with E-state index in [-0.39, 0.29) is 5.56 Å². The lowest BCUT2D eigenvalue weighted by atomic mass is 10.2. The summed E-state index contributed by atoms with van der Waals surface area (Å²) in [6.07, 6.45) is -0.525. The molecule has 21 heavy (non-hydrogen) atoms. The lowest BCUT2D eigenvalue weighted by Gasteiger charge is -2.08. The molecule has 1 heterocycles. The Morgan fingerprint density at radius 1 is 1.24 bits per heavy atom. The van der Waals surface area contributed by atoms with E-state index in [9.17, 15) is 18.0 Å². The molecule has 0 fully saturated rings. The van der Waals surface area contributed by atoms with Gasteiger partial charge in [-0.1, -0.05) is 0 Å². The minimum atomic E-state index is -4.77. The van der Waals surface area contributed by atoms with Gasteiger partial charge in [-0.25, -0.2) is 5.43 Å². The molecular formula is C13H9F3N2O3. The van der Waals surface area contributed by atoms with Gasteiger partial charge in [0.2, 0.25) is 0 Å². The average Bonchev–Trinajstić information content (AvgIpc) is 2.91. The van der Waals surface area contributed by atoms with Crippen LogP contribution in [0.1, 0.15) is 15.9 Å². The predicted molar refractivity (Wildman–Crippen MR) is 66.9 cm³/mol. The van der Waals surface area contributed by atoms with Gasteiger partial charge in [-0.05, 0) is 30.3 Å². The molecule has 1 N–H and O–H groups in total. The van der Waals surface area contributed by atoms with Crippen molar-refractivity contribution in [3.63, 3.8) is 0 Å². The summed E-state index contributed by atoms with van der Waals surface area (Å²) in [6.45, 7) is 0. The number of hydrogen-bond donors (Lipinski definition) is 1. The summed E-state index contributed by atoms with van der Waals surface area (Å²) in [5.74, 6) is -0.964. The smallest absolute Gasteiger partial charge is 0.472 e.